The number of nitrogens with zero attached hydrogens (tertiary/aromatic N) is 1. The largest absolute Gasteiger partial charge is 0.329 e. The summed E-state index contributed by atoms with van der Waals surface area (Å²) in [6, 6.07) is 8.49. The highest BCUT2D eigenvalue weighted by molar-refractivity contribution is 5.81. The van der Waals surface area contributed by atoms with E-state index in [1.807, 2.05) is 4.90 Å². The van der Waals surface area contributed by atoms with Crippen molar-refractivity contribution in [3.63, 3.8) is 0 Å². The van der Waals surface area contributed by atoms with Crippen LogP contribution in [-0.4, -0.2) is 22.4 Å². The lowest BCUT2D eigenvalue weighted by Gasteiger charge is -2.38. The third kappa shape index (κ3) is 3.46. The van der Waals surface area contributed by atoms with Gasteiger partial charge in [0, 0.05) is 18.0 Å². The van der Waals surface area contributed by atoms with Crippen molar-refractivity contribution in [3.05, 3.63) is 35.4 Å². The van der Waals surface area contributed by atoms with Crippen LogP contribution < -0.4 is 5.73 Å². The molecule has 116 valence electrons. The fourth-order valence-electron chi connectivity index (χ4n) is 3.27. The summed E-state index contributed by atoms with van der Waals surface area (Å²) in [7, 11) is 0. The number of hydrogen-bond donors (Lipinski definition) is 1. The summed E-state index contributed by atoms with van der Waals surface area (Å²) < 4.78 is 0. The topological polar surface area (TPSA) is 46.3 Å². The Morgan fingerprint density at radius 2 is 1.81 bits per heavy atom. The molecule has 2 N–H and O–H groups in total. The van der Waals surface area contributed by atoms with Gasteiger partial charge in [-0.05, 0) is 44.2 Å². The lowest BCUT2D eigenvalue weighted by Crippen LogP contribution is -2.45. The summed E-state index contributed by atoms with van der Waals surface area (Å²) in [5.74, 6) is 0.809. The molecular weight excluding hydrogens is 260 g/mol. The SMILES string of the molecule is CC(C)Cc1ccc(C2C(N)CC(=O)N2C(C)(C)C)cc1. The van der Waals surface area contributed by atoms with Gasteiger partial charge in [0.1, 0.15) is 0 Å². The molecule has 0 bridgehead atoms. The van der Waals surface area contributed by atoms with Crippen molar-refractivity contribution in [3.8, 4) is 0 Å². The van der Waals surface area contributed by atoms with E-state index in [0.29, 0.717) is 12.3 Å². The van der Waals surface area contributed by atoms with E-state index in [1.165, 1.54) is 5.56 Å². The van der Waals surface area contributed by atoms with Crippen LogP contribution in [0, 0.1) is 5.92 Å². The summed E-state index contributed by atoms with van der Waals surface area (Å²) in [6.45, 7) is 10.7. The highest BCUT2D eigenvalue weighted by Gasteiger charge is 2.43. The number of carbonyl (C=O) groups excluding carboxylic acids is 1. The van der Waals surface area contributed by atoms with E-state index in [4.69, 9.17) is 5.73 Å². The Bertz CT molecular complexity index is 499. The molecule has 2 rings (SSSR count). The van der Waals surface area contributed by atoms with Crippen molar-refractivity contribution in [2.45, 2.75) is 65.1 Å². The first kappa shape index (κ1) is 16.0. The van der Waals surface area contributed by atoms with Crippen LogP contribution in [-0.2, 0) is 11.2 Å². The third-order valence-electron chi connectivity index (χ3n) is 4.05. The van der Waals surface area contributed by atoms with Gasteiger partial charge in [-0.25, -0.2) is 0 Å². The number of nitrogens with two attached hydrogens (primary N) is 1. The standard InChI is InChI=1S/C18H28N2O/c1-12(2)10-13-6-8-14(9-7-13)17-15(19)11-16(21)20(17)18(3,4)5/h6-9,12,15,17H,10-11,19H2,1-5H3. The number of carbonyl (C=O) groups is 1. The Hall–Kier alpha value is -1.35. The molecule has 1 aromatic carbocycles. The van der Waals surface area contributed by atoms with E-state index in [2.05, 4.69) is 58.9 Å². The van der Waals surface area contributed by atoms with Crippen molar-refractivity contribution in [1.29, 1.82) is 0 Å². The predicted molar refractivity (Wildman–Crippen MR) is 86.9 cm³/mol. The first-order valence-corrected chi connectivity index (χ1v) is 7.86. The van der Waals surface area contributed by atoms with Crippen molar-refractivity contribution in [2.75, 3.05) is 0 Å². The summed E-state index contributed by atoms with van der Waals surface area (Å²) in [5.41, 5.74) is 8.53. The Morgan fingerprint density at radius 3 is 2.29 bits per heavy atom. The first-order valence-electron chi connectivity index (χ1n) is 7.86. The minimum atomic E-state index is -0.202. The maximum atomic E-state index is 12.3. The molecule has 0 radical (unpaired) electrons. The van der Waals surface area contributed by atoms with Crippen LogP contribution >= 0.6 is 0 Å². The van der Waals surface area contributed by atoms with Gasteiger partial charge in [-0.1, -0.05) is 38.1 Å². The quantitative estimate of drug-likeness (QED) is 0.927. The summed E-state index contributed by atoms with van der Waals surface area (Å²) in [4.78, 5) is 14.2. The highest BCUT2D eigenvalue weighted by Crippen LogP contribution is 2.37. The predicted octanol–water partition coefficient (Wildman–Crippen LogP) is 3.28. The Labute approximate surface area is 128 Å². The van der Waals surface area contributed by atoms with Crippen LogP contribution in [0.5, 0.6) is 0 Å². The second-order valence-electron chi connectivity index (χ2n) is 7.59. The molecule has 1 aliphatic rings. The first-order chi connectivity index (χ1) is 9.70. The Kier molecular flexibility index (Phi) is 4.43. The molecule has 0 aliphatic carbocycles. The van der Waals surface area contributed by atoms with Crippen LogP contribution in [0.2, 0.25) is 0 Å². The number of likely N-dealkylation sites (tertiary alicyclic amines) is 1. The van der Waals surface area contributed by atoms with E-state index in [0.717, 1.165) is 12.0 Å². The van der Waals surface area contributed by atoms with Crippen LogP contribution in [0.4, 0.5) is 0 Å². The maximum Gasteiger partial charge on any atom is 0.225 e. The number of benzene rings is 1. The van der Waals surface area contributed by atoms with Crippen molar-refractivity contribution in [2.24, 2.45) is 11.7 Å². The van der Waals surface area contributed by atoms with Crippen molar-refractivity contribution >= 4 is 5.91 Å². The molecule has 0 aromatic heterocycles. The molecule has 3 nitrogen and oxygen atoms in total. The number of rotatable bonds is 3. The van der Waals surface area contributed by atoms with Gasteiger partial charge in [-0.2, -0.15) is 0 Å². The van der Waals surface area contributed by atoms with Gasteiger partial charge in [0.2, 0.25) is 5.91 Å². The summed E-state index contributed by atoms with van der Waals surface area (Å²) >= 11 is 0. The Morgan fingerprint density at radius 1 is 1.24 bits per heavy atom. The van der Waals surface area contributed by atoms with Gasteiger partial charge in [0.25, 0.3) is 0 Å². The number of hydrogen-bond acceptors (Lipinski definition) is 2. The third-order valence-corrected chi connectivity index (χ3v) is 4.05. The van der Waals surface area contributed by atoms with Gasteiger partial charge < -0.3 is 10.6 Å². The fraction of sp³-hybridized carbons (Fsp3) is 0.611. The molecule has 2 unspecified atom stereocenters. The molecule has 0 saturated carbocycles. The lowest BCUT2D eigenvalue weighted by molar-refractivity contribution is -0.133. The second kappa shape index (κ2) is 5.80. The minimum Gasteiger partial charge on any atom is -0.329 e. The molecule has 1 heterocycles. The van der Waals surface area contributed by atoms with E-state index < -0.39 is 0 Å². The Balaban J connectivity index is 2.28. The maximum absolute atomic E-state index is 12.3. The zero-order chi connectivity index (χ0) is 15.8. The molecule has 1 amide bonds. The highest BCUT2D eigenvalue weighted by atomic mass is 16.2. The molecule has 3 heteroatoms. The average molecular weight is 288 g/mol. The molecule has 2 atom stereocenters. The van der Waals surface area contributed by atoms with E-state index in [1.54, 1.807) is 0 Å². The van der Waals surface area contributed by atoms with Crippen molar-refractivity contribution in [1.82, 2.24) is 4.90 Å². The van der Waals surface area contributed by atoms with Crippen molar-refractivity contribution < 1.29 is 4.79 Å². The van der Waals surface area contributed by atoms with E-state index in [9.17, 15) is 4.79 Å². The van der Waals surface area contributed by atoms with Crippen LogP contribution in [0.3, 0.4) is 0 Å². The van der Waals surface area contributed by atoms with Gasteiger partial charge in [-0.15, -0.1) is 0 Å². The molecule has 1 aromatic rings. The molecule has 1 fully saturated rings. The van der Waals surface area contributed by atoms with Crippen LogP contribution in [0.25, 0.3) is 0 Å². The van der Waals surface area contributed by atoms with Gasteiger partial charge in [0.15, 0.2) is 0 Å². The van der Waals surface area contributed by atoms with E-state index >= 15 is 0 Å². The average Bonchev–Trinajstić information content (AvgIpc) is 2.64. The van der Waals surface area contributed by atoms with E-state index in [-0.39, 0.29) is 23.5 Å². The fourth-order valence-corrected chi connectivity index (χ4v) is 3.27. The molecular formula is C18H28N2O. The summed E-state index contributed by atoms with van der Waals surface area (Å²) in [5, 5.41) is 0. The monoisotopic (exact) mass is 288 g/mol. The molecule has 0 spiro atoms. The molecule has 1 aliphatic heterocycles. The van der Waals surface area contributed by atoms with Crippen LogP contribution in [0.1, 0.15) is 58.2 Å². The second-order valence-corrected chi connectivity index (χ2v) is 7.59. The summed E-state index contributed by atoms with van der Waals surface area (Å²) in [6.07, 6.45) is 1.52. The number of amides is 1. The molecule has 21 heavy (non-hydrogen) atoms. The van der Waals surface area contributed by atoms with Gasteiger partial charge in [0.05, 0.1) is 6.04 Å². The smallest absolute Gasteiger partial charge is 0.225 e. The van der Waals surface area contributed by atoms with Crippen LogP contribution in [0.15, 0.2) is 24.3 Å². The molecule has 1 saturated heterocycles. The lowest BCUT2D eigenvalue weighted by atomic mass is 9.94. The minimum absolute atomic E-state index is 0.00870. The zero-order valence-corrected chi connectivity index (χ0v) is 13.9. The van der Waals surface area contributed by atoms with Gasteiger partial charge in [-0.3, -0.25) is 4.79 Å². The zero-order valence-electron chi connectivity index (χ0n) is 13.9. The normalized spacial score (nSPS) is 23.2. The van der Waals surface area contributed by atoms with Gasteiger partial charge >= 0.3 is 0 Å².